The summed E-state index contributed by atoms with van der Waals surface area (Å²) in [6, 6.07) is -0.312. The second-order valence-electron chi connectivity index (χ2n) is 18.8. The molecule has 9 unspecified atom stereocenters. The molecule has 1 N–H and O–H groups in total. The molecule has 0 aromatic heterocycles. The van der Waals surface area contributed by atoms with Gasteiger partial charge in [-0.05, 0) is 68.0 Å². The smallest absolute Gasteiger partial charge is 0.458 e. The van der Waals surface area contributed by atoms with Crippen LogP contribution in [0.25, 0.3) is 0 Å². The Bertz CT molecular complexity index is 1660. The van der Waals surface area contributed by atoms with Crippen molar-refractivity contribution in [3.63, 3.8) is 0 Å². The molecule has 64 heavy (non-hydrogen) atoms. The van der Waals surface area contributed by atoms with Gasteiger partial charge >= 0.3 is 24.2 Å². The third kappa shape index (κ3) is 11.5. The molecule has 5 saturated heterocycles. The van der Waals surface area contributed by atoms with Gasteiger partial charge in [0.15, 0.2) is 42.3 Å². The standard InChI is InChI=1S/C43H68Cl3NO17/c1-14-15-29-41(10)34(61-39(51)64-41)24(6)43(52)20(2)16-28(63-43)32(60-37-33(57-26(8)48)27(47(11)12)17-21(3)55-37)22(4)31(23(5)36(49)58-29)59-30-18-40(9,53-13)35(25(7)56-30)62-38(50)54-19-42(44,45)46/h20-25,27-35,37,52H,14-19H2,1-13H3/t20-,21?,22+,23-,24-,25?,27?,28-,29-,30?,31+,32-,33?,34-,35?,37?,40?,41-,43?/m1/s1. The number of carbonyl (C=O) groups is 4. The highest BCUT2D eigenvalue weighted by Crippen LogP contribution is 2.50. The summed E-state index contributed by atoms with van der Waals surface area (Å²) < 4.78 is 72.2. The van der Waals surface area contributed by atoms with E-state index in [0.29, 0.717) is 12.8 Å². The van der Waals surface area contributed by atoms with Crippen LogP contribution in [0.1, 0.15) is 101 Å². The Hall–Kier alpha value is -1.97. The number of carbonyl (C=O) groups excluding carboxylic acids is 4. The molecule has 5 fully saturated rings. The lowest BCUT2D eigenvalue weighted by Gasteiger charge is -2.48. The van der Waals surface area contributed by atoms with Crippen molar-refractivity contribution in [1.82, 2.24) is 4.90 Å². The quantitative estimate of drug-likeness (QED) is 0.139. The highest BCUT2D eigenvalue weighted by molar-refractivity contribution is 6.67. The number of halogens is 3. The van der Waals surface area contributed by atoms with Crippen LogP contribution < -0.4 is 0 Å². The average Bonchev–Trinajstić information content (AvgIpc) is 3.69. The van der Waals surface area contributed by atoms with Crippen molar-refractivity contribution in [1.29, 1.82) is 0 Å². The van der Waals surface area contributed by atoms with Crippen LogP contribution >= 0.6 is 34.8 Å². The highest BCUT2D eigenvalue weighted by Gasteiger charge is 2.65. The summed E-state index contributed by atoms with van der Waals surface area (Å²) in [4.78, 5) is 55.0. The van der Waals surface area contributed by atoms with Crippen LogP contribution in [0.4, 0.5) is 9.59 Å². The maximum atomic E-state index is 14.7. The topological polar surface area (TPSA) is 203 Å². The van der Waals surface area contributed by atoms with Crippen LogP contribution in [-0.4, -0.2) is 156 Å². The zero-order valence-electron chi connectivity index (χ0n) is 39.0. The number of alkyl halides is 3. The van der Waals surface area contributed by atoms with E-state index in [0.717, 1.165) is 0 Å². The number of ether oxygens (including phenoxy) is 12. The van der Waals surface area contributed by atoms with E-state index in [4.69, 9.17) is 91.6 Å². The van der Waals surface area contributed by atoms with Gasteiger partial charge in [0.25, 0.3) is 0 Å². The minimum absolute atomic E-state index is 0.0191. The Morgan fingerprint density at radius 1 is 0.938 bits per heavy atom. The lowest BCUT2D eigenvalue weighted by atomic mass is 9.76. The van der Waals surface area contributed by atoms with Crippen molar-refractivity contribution >= 4 is 59.1 Å². The van der Waals surface area contributed by atoms with E-state index in [-0.39, 0.29) is 31.4 Å². The summed E-state index contributed by atoms with van der Waals surface area (Å²) >= 11 is 17.3. The molecule has 0 amide bonds. The van der Waals surface area contributed by atoms with E-state index < -0.39 is 137 Å². The molecular formula is C43H68Cl3NO17. The second-order valence-corrected chi connectivity index (χ2v) is 21.3. The van der Waals surface area contributed by atoms with Gasteiger partial charge < -0.3 is 66.8 Å². The van der Waals surface area contributed by atoms with Crippen LogP contribution in [-0.2, 0) is 66.4 Å². The second kappa shape index (κ2) is 20.7. The first-order valence-electron chi connectivity index (χ1n) is 22.1. The summed E-state index contributed by atoms with van der Waals surface area (Å²) in [7, 11) is 5.19. The number of nitrogens with zero attached hydrogens (tertiary/aromatic N) is 1. The van der Waals surface area contributed by atoms with Gasteiger partial charge in [-0.1, -0.05) is 68.9 Å². The zero-order valence-corrected chi connectivity index (χ0v) is 41.3. The third-order valence-corrected chi connectivity index (χ3v) is 14.0. The van der Waals surface area contributed by atoms with E-state index in [1.807, 2.05) is 46.7 Å². The molecule has 0 spiro atoms. The summed E-state index contributed by atoms with van der Waals surface area (Å²) in [6.07, 6.45) is -11.0. The van der Waals surface area contributed by atoms with E-state index in [2.05, 4.69) is 0 Å². The van der Waals surface area contributed by atoms with E-state index in [1.165, 1.54) is 14.0 Å². The van der Waals surface area contributed by atoms with Gasteiger partial charge in [-0.2, -0.15) is 0 Å². The average molecular weight is 977 g/mol. The monoisotopic (exact) mass is 975 g/mol. The summed E-state index contributed by atoms with van der Waals surface area (Å²) in [5.74, 6) is -6.47. The number of hydrogen-bond donors (Lipinski definition) is 1. The maximum Gasteiger partial charge on any atom is 0.509 e. The number of esters is 2. The van der Waals surface area contributed by atoms with Crippen molar-refractivity contribution in [3.8, 4) is 0 Å². The molecule has 21 heteroatoms. The Morgan fingerprint density at radius 2 is 1.61 bits per heavy atom. The Balaban J connectivity index is 1.59. The molecule has 0 aromatic rings. The molecule has 5 rings (SSSR count). The van der Waals surface area contributed by atoms with Crippen LogP contribution in [0.2, 0.25) is 0 Å². The van der Waals surface area contributed by atoms with Crippen LogP contribution in [0, 0.1) is 23.7 Å². The number of cyclic esters (lactones) is 1. The van der Waals surface area contributed by atoms with Crippen LogP contribution in [0.15, 0.2) is 0 Å². The largest absolute Gasteiger partial charge is 0.509 e. The van der Waals surface area contributed by atoms with Crippen molar-refractivity contribution in [2.45, 2.75) is 196 Å². The lowest BCUT2D eigenvalue weighted by Crippen LogP contribution is -2.60. The Kier molecular flexibility index (Phi) is 17.2. The van der Waals surface area contributed by atoms with Gasteiger partial charge in [0.05, 0.1) is 48.4 Å². The van der Waals surface area contributed by atoms with Gasteiger partial charge in [-0.15, -0.1) is 0 Å². The molecule has 368 valence electrons. The maximum absolute atomic E-state index is 14.7. The molecule has 0 saturated carbocycles. The number of fused-ring (bicyclic) bond motifs is 3. The first-order valence-corrected chi connectivity index (χ1v) is 23.2. The molecule has 0 radical (unpaired) electrons. The summed E-state index contributed by atoms with van der Waals surface area (Å²) in [5.41, 5.74) is -2.77. The number of aliphatic hydroxyl groups is 1. The summed E-state index contributed by atoms with van der Waals surface area (Å²) in [6.45, 7) is 16.5. The number of rotatable bonds is 11. The fourth-order valence-electron chi connectivity index (χ4n) is 10.1. The molecule has 19 atom stereocenters. The van der Waals surface area contributed by atoms with Crippen molar-refractivity contribution < 1.29 is 81.1 Å². The van der Waals surface area contributed by atoms with Crippen LogP contribution in [0.5, 0.6) is 0 Å². The molecule has 18 nitrogen and oxygen atoms in total. The van der Waals surface area contributed by atoms with Crippen molar-refractivity contribution in [2.24, 2.45) is 23.7 Å². The number of methoxy groups -OCH3 is 1. The SMILES string of the molecule is CCC[C@H]1OC(=O)[C@H](C)[C@@H](OC2CC(C)(OC)C(OC(=O)OCC(Cl)(Cl)Cl)C(C)O2)[C@H](C)[C@@H](OC2OC(C)CC(N(C)C)C2OC(C)=O)[C@H]2C[C@@H](C)C(O)(O2)[C@H](C)[C@H]2OC(=O)O[C@@]21C. The highest BCUT2D eigenvalue weighted by atomic mass is 35.6. The molecule has 0 aromatic carbocycles. The molecule has 5 aliphatic rings. The first-order chi connectivity index (χ1) is 29.7. The molecule has 2 bridgehead atoms. The fourth-order valence-corrected chi connectivity index (χ4v) is 10.3. The number of hydrogen-bond acceptors (Lipinski definition) is 18. The Morgan fingerprint density at radius 3 is 2.20 bits per heavy atom. The molecule has 5 heterocycles. The Labute approximate surface area is 391 Å². The minimum Gasteiger partial charge on any atom is -0.458 e. The zero-order chi connectivity index (χ0) is 47.9. The molecule has 5 aliphatic heterocycles. The van der Waals surface area contributed by atoms with Crippen LogP contribution in [0.3, 0.4) is 0 Å². The summed E-state index contributed by atoms with van der Waals surface area (Å²) in [5, 5.41) is 12.7. The van der Waals surface area contributed by atoms with Gasteiger partial charge in [0, 0.05) is 32.3 Å². The first kappa shape index (κ1) is 53.0. The van der Waals surface area contributed by atoms with Gasteiger partial charge in [-0.25, -0.2) is 9.59 Å². The van der Waals surface area contributed by atoms with Gasteiger partial charge in [0.2, 0.25) is 3.79 Å². The molecular weight excluding hydrogens is 909 g/mol. The predicted molar refractivity (Wildman–Crippen MR) is 228 cm³/mol. The van der Waals surface area contributed by atoms with Crippen molar-refractivity contribution in [3.05, 3.63) is 0 Å². The van der Waals surface area contributed by atoms with E-state index >= 15 is 0 Å². The van der Waals surface area contributed by atoms with Gasteiger partial charge in [0.1, 0.15) is 18.3 Å². The third-order valence-electron chi connectivity index (χ3n) is 13.7. The fraction of sp³-hybridized carbons (Fsp3) is 0.907. The van der Waals surface area contributed by atoms with E-state index in [1.54, 1.807) is 34.6 Å². The minimum atomic E-state index is -1.91. The molecule has 0 aliphatic carbocycles. The normalized spacial score (nSPS) is 44.3. The lowest BCUT2D eigenvalue weighted by molar-refractivity contribution is -0.322. The predicted octanol–water partition coefficient (Wildman–Crippen LogP) is 6.23. The van der Waals surface area contributed by atoms with Gasteiger partial charge in [-0.3, -0.25) is 9.59 Å². The van der Waals surface area contributed by atoms with E-state index in [9.17, 15) is 24.3 Å². The van der Waals surface area contributed by atoms with Crippen molar-refractivity contribution in [2.75, 3.05) is 27.8 Å². The number of likely N-dealkylation sites (N-methyl/N-ethyl adjacent to an activating group) is 1.